The average Bonchev–Trinajstić information content (AvgIpc) is 2.90. The third-order valence-electron chi connectivity index (χ3n) is 3.39. The van der Waals surface area contributed by atoms with Crippen LogP contribution in [0.1, 0.15) is 23.7 Å². The van der Waals surface area contributed by atoms with Gasteiger partial charge in [-0.25, -0.2) is 0 Å². The zero-order chi connectivity index (χ0) is 13.2. The zero-order valence-corrected chi connectivity index (χ0v) is 10.8. The SMILES string of the molecule is CCC(=O)c1ccc(-n2ccc3ccccc32)cc1. The summed E-state index contributed by atoms with van der Waals surface area (Å²) in [7, 11) is 0. The molecule has 2 heteroatoms. The Morgan fingerprint density at radius 1 is 1.00 bits per heavy atom. The molecule has 0 saturated carbocycles. The van der Waals surface area contributed by atoms with E-state index < -0.39 is 0 Å². The highest BCUT2D eigenvalue weighted by Crippen LogP contribution is 2.20. The predicted molar refractivity (Wildman–Crippen MR) is 77.9 cm³/mol. The van der Waals surface area contributed by atoms with Crippen molar-refractivity contribution < 1.29 is 4.79 Å². The zero-order valence-electron chi connectivity index (χ0n) is 10.8. The second kappa shape index (κ2) is 4.73. The Hall–Kier alpha value is -2.35. The molecule has 3 aromatic rings. The molecule has 0 spiro atoms. The van der Waals surface area contributed by atoms with Crippen LogP contribution in [0.15, 0.2) is 60.8 Å². The first kappa shape index (κ1) is 11.7. The fourth-order valence-electron chi connectivity index (χ4n) is 2.32. The summed E-state index contributed by atoms with van der Waals surface area (Å²) in [6.45, 7) is 1.88. The van der Waals surface area contributed by atoms with Crippen molar-refractivity contribution in [2.75, 3.05) is 0 Å². The number of hydrogen-bond acceptors (Lipinski definition) is 1. The Balaban J connectivity index is 2.05. The van der Waals surface area contributed by atoms with E-state index in [0.717, 1.165) is 11.3 Å². The van der Waals surface area contributed by atoms with Crippen molar-refractivity contribution in [3.63, 3.8) is 0 Å². The van der Waals surface area contributed by atoms with Gasteiger partial charge in [0.15, 0.2) is 5.78 Å². The van der Waals surface area contributed by atoms with Crippen molar-refractivity contribution in [1.82, 2.24) is 4.57 Å². The summed E-state index contributed by atoms with van der Waals surface area (Å²) >= 11 is 0. The molecular formula is C17H15NO. The number of Topliss-reactive ketones (excluding diaryl/α,β-unsaturated/α-hetero) is 1. The highest BCUT2D eigenvalue weighted by atomic mass is 16.1. The maximum absolute atomic E-state index is 11.6. The van der Waals surface area contributed by atoms with E-state index in [-0.39, 0.29) is 5.78 Å². The van der Waals surface area contributed by atoms with Crippen molar-refractivity contribution in [2.24, 2.45) is 0 Å². The van der Waals surface area contributed by atoms with E-state index >= 15 is 0 Å². The van der Waals surface area contributed by atoms with Gasteiger partial charge in [-0.1, -0.05) is 25.1 Å². The smallest absolute Gasteiger partial charge is 0.162 e. The predicted octanol–water partition coefficient (Wildman–Crippen LogP) is 4.22. The average molecular weight is 249 g/mol. The maximum atomic E-state index is 11.6. The molecule has 0 N–H and O–H groups in total. The lowest BCUT2D eigenvalue weighted by Crippen LogP contribution is -1.97. The minimum atomic E-state index is 0.184. The number of hydrogen-bond donors (Lipinski definition) is 0. The summed E-state index contributed by atoms with van der Waals surface area (Å²) in [5.74, 6) is 0.184. The van der Waals surface area contributed by atoms with Gasteiger partial charge in [-0.3, -0.25) is 4.79 Å². The van der Waals surface area contributed by atoms with Gasteiger partial charge in [0.1, 0.15) is 0 Å². The number of ketones is 1. The Morgan fingerprint density at radius 3 is 2.47 bits per heavy atom. The number of benzene rings is 2. The van der Waals surface area contributed by atoms with Crippen LogP contribution in [0, 0.1) is 0 Å². The van der Waals surface area contributed by atoms with Gasteiger partial charge in [-0.15, -0.1) is 0 Å². The first-order valence-electron chi connectivity index (χ1n) is 6.49. The minimum Gasteiger partial charge on any atom is -0.317 e. The molecule has 0 bridgehead atoms. The normalized spacial score (nSPS) is 10.8. The molecule has 1 aromatic heterocycles. The lowest BCUT2D eigenvalue weighted by molar-refractivity contribution is 0.0988. The Labute approximate surface area is 112 Å². The number of nitrogens with zero attached hydrogens (tertiary/aromatic N) is 1. The Morgan fingerprint density at radius 2 is 1.74 bits per heavy atom. The molecule has 0 aliphatic heterocycles. The number of aromatic nitrogens is 1. The van der Waals surface area contributed by atoms with Gasteiger partial charge in [-0.2, -0.15) is 0 Å². The fourth-order valence-corrected chi connectivity index (χ4v) is 2.32. The molecule has 3 rings (SSSR count). The minimum absolute atomic E-state index is 0.184. The highest BCUT2D eigenvalue weighted by molar-refractivity contribution is 5.96. The van der Waals surface area contributed by atoms with E-state index in [9.17, 15) is 4.79 Å². The summed E-state index contributed by atoms with van der Waals surface area (Å²) in [5.41, 5.74) is 3.04. The number of para-hydroxylation sites is 1. The second-order valence-electron chi connectivity index (χ2n) is 4.57. The van der Waals surface area contributed by atoms with Crippen LogP contribution in [0.2, 0.25) is 0 Å². The molecule has 0 aliphatic rings. The van der Waals surface area contributed by atoms with E-state index in [1.54, 1.807) is 0 Å². The molecule has 0 saturated heterocycles. The van der Waals surface area contributed by atoms with Crippen LogP contribution < -0.4 is 0 Å². The van der Waals surface area contributed by atoms with Gasteiger partial charge < -0.3 is 4.57 Å². The fraction of sp³-hybridized carbons (Fsp3) is 0.118. The first-order chi connectivity index (χ1) is 9.29. The van der Waals surface area contributed by atoms with Crippen molar-refractivity contribution in [1.29, 1.82) is 0 Å². The molecule has 0 atom stereocenters. The van der Waals surface area contributed by atoms with E-state index in [4.69, 9.17) is 0 Å². The van der Waals surface area contributed by atoms with Crippen LogP contribution in [0.25, 0.3) is 16.6 Å². The van der Waals surface area contributed by atoms with Gasteiger partial charge in [0.25, 0.3) is 0 Å². The lowest BCUT2D eigenvalue weighted by Gasteiger charge is -2.06. The Kier molecular flexibility index (Phi) is 2.92. The van der Waals surface area contributed by atoms with Crippen LogP contribution in [0.3, 0.4) is 0 Å². The number of carbonyl (C=O) groups is 1. The third-order valence-corrected chi connectivity index (χ3v) is 3.39. The summed E-state index contributed by atoms with van der Waals surface area (Å²) in [6, 6.07) is 18.2. The van der Waals surface area contributed by atoms with E-state index in [2.05, 4.69) is 29.0 Å². The van der Waals surface area contributed by atoms with Gasteiger partial charge in [-0.05, 0) is 41.8 Å². The first-order valence-corrected chi connectivity index (χ1v) is 6.49. The van der Waals surface area contributed by atoms with Crippen molar-refractivity contribution in [3.05, 3.63) is 66.4 Å². The molecule has 94 valence electrons. The van der Waals surface area contributed by atoms with Crippen LogP contribution in [-0.4, -0.2) is 10.4 Å². The topological polar surface area (TPSA) is 22.0 Å². The van der Waals surface area contributed by atoms with Gasteiger partial charge in [0, 0.05) is 23.9 Å². The van der Waals surface area contributed by atoms with Gasteiger partial charge in [0.2, 0.25) is 0 Å². The largest absolute Gasteiger partial charge is 0.317 e. The standard InChI is InChI=1S/C17H15NO/c1-2-17(19)14-7-9-15(10-8-14)18-12-11-13-5-3-4-6-16(13)18/h3-12H,2H2,1H3. The molecule has 2 nitrogen and oxygen atoms in total. The molecule has 19 heavy (non-hydrogen) atoms. The summed E-state index contributed by atoms with van der Waals surface area (Å²) < 4.78 is 2.13. The van der Waals surface area contributed by atoms with E-state index in [1.807, 2.05) is 43.3 Å². The molecule has 0 amide bonds. The number of carbonyl (C=O) groups excluding carboxylic acids is 1. The molecular weight excluding hydrogens is 234 g/mol. The lowest BCUT2D eigenvalue weighted by atomic mass is 10.1. The second-order valence-corrected chi connectivity index (χ2v) is 4.57. The number of rotatable bonds is 3. The van der Waals surface area contributed by atoms with E-state index in [0.29, 0.717) is 6.42 Å². The summed E-state index contributed by atoms with van der Waals surface area (Å²) in [4.78, 5) is 11.6. The van der Waals surface area contributed by atoms with Gasteiger partial charge >= 0.3 is 0 Å². The highest BCUT2D eigenvalue weighted by Gasteiger charge is 2.05. The van der Waals surface area contributed by atoms with E-state index in [1.165, 1.54) is 10.9 Å². The van der Waals surface area contributed by atoms with Crippen LogP contribution in [0.4, 0.5) is 0 Å². The molecule has 0 aliphatic carbocycles. The van der Waals surface area contributed by atoms with Crippen molar-refractivity contribution in [2.45, 2.75) is 13.3 Å². The summed E-state index contributed by atoms with van der Waals surface area (Å²) in [6.07, 6.45) is 2.60. The molecule has 0 fully saturated rings. The third kappa shape index (κ3) is 2.06. The van der Waals surface area contributed by atoms with Crippen molar-refractivity contribution in [3.8, 4) is 5.69 Å². The molecule has 0 unspecified atom stereocenters. The molecule has 2 aromatic carbocycles. The van der Waals surface area contributed by atoms with Crippen molar-refractivity contribution >= 4 is 16.7 Å². The quantitative estimate of drug-likeness (QED) is 0.637. The van der Waals surface area contributed by atoms with Crippen LogP contribution in [0.5, 0.6) is 0 Å². The number of fused-ring (bicyclic) bond motifs is 1. The monoisotopic (exact) mass is 249 g/mol. The van der Waals surface area contributed by atoms with Crippen LogP contribution in [-0.2, 0) is 0 Å². The maximum Gasteiger partial charge on any atom is 0.162 e. The molecule has 0 radical (unpaired) electrons. The Bertz CT molecular complexity index is 722. The summed E-state index contributed by atoms with van der Waals surface area (Å²) in [5, 5.41) is 1.22. The van der Waals surface area contributed by atoms with Gasteiger partial charge in [0.05, 0.1) is 5.52 Å². The molecule has 1 heterocycles. The van der Waals surface area contributed by atoms with Crippen LogP contribution >= 0.6 is 0 Å².